The number of aryl methyl sites for hydroxylation is 1. The quantitative estimate of drug-likeness (QED) is 0.458. The molecular weight excluding hydrogens is 434 g/mol. The number of nitrogens with zero attached hydrogens (tertiary/aromatic N) is 3. The van der Waals surface area contributed by atoms with Crippen molar-refractivity contribution >= 4 is 21.4 Å². The van der Waals surface area contributed by atoms with Gasteiger partial charge in [-0.25, -0.2) is 13.4 Å². The van der Waals surface area contributed by atoms with Gasteiger partial charge in [0.25, 0.3) is 0 Å². The van der Waals surface area contributed by atoms with Crippen LogP contribution in [0.3, 0.4) is 0 Å². The van der Waals surface area contributed by atoms with Crippen molar-refractivity contribution in [2.45, 2.75) is 19.9 Å². The van der Waals surface area contributed by atoms with Crippen LogP contribution in [0.5, 0.6) is 0 Å². The summed E-state index contributed by atoms with van der Waals surface area (Å²) in [5.41, 5.74) is 8.20. The van der Waals surface area contributed by atoms with E-state index in [-0.39, 0.29) is 0 Å². The molecule has 0 unspecified atom stereocenters. The van der Waals surface area contributed by atoms with Crippen LogP contribution in [-0.4, -0.2) is 40.5 Å². The molecule has 2 aromatic heterocycles. The molecule has 0 fully saturated rings. The molecule has 1 aliphatic rings. The highest BCUT2D eigenvalue weighted by atomic mass is 32.2. The summed E-state index contributed by atoms with van der Waals surface area (Å²) in [6.07, 6.45) is 7.33. The highest BCUT2D eigenvalue weighted by Crippen LogP contribution is 2.32. The zero-order chi connectivity index (χ0) is 23.0. The molecule has 0 saturated carbocycles. The first-order chi connectivity index (χ1) is 15.9. The molecule has 3 heterocycles. The molecule has 0 bridgehead atoms. The number of nitrogens with one attached hydrogen (secondary N) is 2. The second kappa shape index (κ2) is 8.46. The lowest BCUT2D eigenvalue weighted by molar-refractivity contribution is 0.395. The van der Waals surface area contributed by atoms with Gasteiger partial charge in [0.05, 0.1) is 18.1 Å². The van der Waals surface area contributed by atoms with Gasteiger partial charge in [0.1, 0.15) is 5.82 Å². The molecule has 5 rings (SSSR count). The fourth-order valence-electron chi connectivity index (χ4n) is 4.22. The van der Waals surface area contributed by atoms with Gasteiger partial charge in [-0.3, -0.25) is 4.98 Å². The largest absolute Gasteiger partial charge is 0.355 e. The van der Waals surface area contributed by atoms with Gasteiger partial charge in [-0.2, -0.15) is 4.31 Å². The Morgan fingerprint density at radius 1 is 1.09 bits per heavy atom. The Bertz CT molecular complexity index is 1410. The van der Waals surface area contributed by atoms with Crippen LogP contribution >= 0.6 is 0 Å². The molecule has 1 aliphatic heterocycles. The number of aromatic amines is 1. The van der Waals surface area contributed by atoms with Crippen molar-refractivity contribution in [2.24, 2.45) is 0 Å². The maximum absolute atomic E-state index is 12.0. The van der Waals surface area contributed by atoms with Crippen LogP contribution in [-0.2, 0) is 23.0 Å². The van der Waals surface area contributed by atoms with Gasteiger partial charge >= 0.3 is 0 Å². The standard InChI is InChI=1S/C25H25N5O2S/c1-17-8-9-20(13-22(17)25-27-15-24(29-25)18-6-4-11-26-14-18)28-23-7-3-5-19-16-30(33(2,31)32)12-10-21(19)23/h3-9,11,13-15,28H,10,12,16H2,1-2H3,(H,27,29). The molecule has 2 aromatic carbocycles. The SMILES string of the molecule is Cc1ccc(Nc2cccc3c2CCN(S(C)(=O)=O)C3)cc1-c1ncc(-c2cccnc2)[nH]1. The number of hydrogen-bond donors (Lipinski definition) is 2. The summed E-state index contributed by atoms with van der Waals surface area (Å²) in [6.45, 7) is 2.97. The normalized spacial score (nSPS) is 14.1. The molecule has 4 aromatic rings. The summed E-state index contributed by atoms with van der Waals surface area (Å²) in [7, 11) is -3.20. The van der Waals surface area contributed by atoms with Crippen molar-refractivity contribution in [1.82, 2.24) is 19.3 Å². The summed E-state index contributed by atoms with van der Waals surface area (Å²) in [5, 5.41) is 3.54. The number of aromatic nitrogens is 3. The maximum Gasteiger partial charge on any atom is 0.211 e. The number of rotatable bonds is 5. The number of hydrogen-bond acceptors (Lipinski definition) is 5. The fourth-order valence-corrected chi connectivity index (χ4v) is 5.02. The molecule has 0 saturated heterocycles. The minimum atomic E-state index is -3.20. The summed E-state index contributed by atoms with van der Waals surface area (Å²) in [6, 6.07) is 16.1. The Morgan fingerprint density at radius 2 is 1.97 bits per heavy atom. The molecule has 0 aliphatic carbocycles. The van der Waals surface area contributed by atoms with Crippen molar-refractivity contribution in [3.8, 4) is 22.6 Å². The molecule has 0 radical (unpaired) electrons. The summed E-state index contributed by atoms with van der Waals surface area (Å²) in [5.74, 6) is 0.800. The summed E-state index contributed by atoms with van der Waals surface area (Å²) >= 11 is 0. The van der Waals surface area contributed by atoms with Crippen LogP contribution in [0, 0.1) is 6.92 Å². The molecule has 0 atom stereocenters. The van der Waals surface area contributed by atoms with E-state index in [2.05, 4.69) is 45.4 Å². The molecule has 33 heavy (non-hydrogen) atoms. The van der Waals surface area contributed by atoms with Gasteiger partial charge in [0.15, 0.2) is 0 Å². The lowest BCUT2D eigenvalue weighted by Gasteiger charge is -2.28. The molecule has 2 N–H and O–H groups in total. The summed E-state index contributed by atoms with van der Waals surface area (Å²) < 4.78 is 25.5. The second-order valence-electron chi connectivity index (χ2n) is 8.33. The number of fused-ring (bicyclic) bond motifs is 1. The van der Waals surface area contributed by atoms with Gasteiger partial charge in [-0.1, -0.05) is 18.2 Å². The smallest absolute Gasteiger partial charge is 0.211 e. The molecule has 168 valence electrons. The molecule has 8 heteroatoms. The zero-order valence-corrected chi connectivity index (χ0v) is 19.4. The third kappa shape index (κ3) is 4.40. The first-order valence-corrected chi connectivity index (χ1v) is 12.6. The molecule has 0 amide bonds. The van der Waals surface area contributed by atoms with Crippen molar-refractivity contribution in [2.75, 3.05) is 18.1 Å². The lowest BCUT2D eigenvalue weighted by Crippen LogP contribution is -2.35. The second-order valence-corrected chi connectivity index (χ2v) is 10.3. The molecular formula is C25H25N5O2S. The van der Waals surface area contributed by atoms with E-state index in [0.717, 1.165) is 50.7 Å². The number of benzene rings is 2. The van der Waals surface area contributed by atoms with Crippen molar-refractivity contribution in [3.05, 3.63) is 83.8 Å². The highest BCUT2D eigenvalue weighted by molar-refractivity contribution is 7.88. The third-order valence-electron chi connectivity index (χ3n) is 6.02. The summed E-state index contributed by atoms with van der Waals surface area (Å²) in [4.78, 5) is 12.2. The predicted octanol–water partition coefficient (Wildman–Crippen LogP) is 4.51. The number of H-pyrrole nitrogens is 1. The van der Waals surface area contributed by atoms with Crippen LogP contribution < -0.4 is 5.32 Å². The van der Waals surface area contributed by atoms with Crippen LogP contribution in [0.25, 0.3) is 22.6 Å². The van der Waals surface area contributed by atoms with E-state index < -0.39 is 10.0 Å². The number of imidazole rings is 1. The first kappa shape index (κ1) is 21.4. The van der Waals surface area contributed by atoms with Gasteiger partial charge in [-0.15, -0.1) is 0 Å². The minimum absolute atomic E-state index is 0.409. The zero-order valence-electron chi connectivity index (χ0n) is 18.5. The van der Waals surface area contributed by atoms with E-state index in [1.807, 2.05) is 42.7 Å². The van der Waals surface area contributed by atoms with E-state index in [0.29, 0.717) is 19.5 Å². The highest BCUT2D eigenvalue weighted by Gasteiger charge is 2.24. The van der Waals surface area contributed by atoms with E-state index in [4.69, 9.17) is 0 Å². The lowest BCUT2D eigenvalue weighted by atomic mass is 9.98. The third-order valence-corrected chi connectivity index (χ3v) is 7.27. The minimum Gasteiger partial charge on any atom is -0.355 e. The van der Waals surface area contributed by atoms with E-state index in [1.165, 1.54) is 10.6 Å². The van der Waals surface area contributed by atoms with Crippen molar-refractivity contribution in [3.63, 3.8) is 0 Å². The monoisotopic (exact) mass is 459 g/mol. The van der Waals surface area contributed by atoms with Gasteiger partial charge in [0, 0.05) is 48.0 Å². The predicted molar refractivity (Wildman–Crippen MR) is 131 cm³/mol. The van der Waals surface area contributed by atoms with Crippen LogP contribution in [0.4, 0.5) is 11.4 Å². The Morgan fingerprint density at radius 3 is 2.76 bits per heavy atom. The molecule has 7 nitrogen and oxygen atoms in total. The average Bonchev–Trinajstić information content (AvgIpc) is 3.30. The topological polar surface area (TPSA) is 91.0 Å². The van der Waals surface area contributed by atoms with Crippen LogP contribution in [0.15, 0.2) is 67.1 Å². The average molecular weight is 460 g/mol. The Balaban J connectivity index is 1.43. The fraction of sp³-hybridized carbons (Fsp3) is 0.200. The molecule has 0 spiro atoms. The maximum atomic E-state index is 12.0. The Labute approximate surface area is 193 Å². The van der Waals surface area contributed by atoms with Gasteiger partial charge in [-0.05, 0) is 60.4 Å². The van der Waals surface area contributed by atoms with Crippen molar-refractivity contribution < 1.29 is 8.42 Å². The van der Waals surface area contributed by atoms with Crippen LogP contribution in [0.1, 0.15) is 16.7 Å². The number of anilines is 2. The first-order valence-electron chi connectivity index (χ1n) is 10.8. The van der Waals surface area contributed by atoms with E-state index in [9.17, 15) is 8.42 Å². The number of pyridine rings is 1. The van der Waals surface area contributed by atoms with E-state index >= 15 is 0 Å². The van der Waals surface area contributed by atoms with Crippen LogP contribution in [0.2, 0.25) is 0 Å². The van der Waals surface area contributed by atoms with E-state index in [1.54, 1.807) is 6.20 Å². The Hall–Kier alpha value is -3.49. The number of sulfonamides is 1. The van der Waals surface area contributed by atoms with Gasteiger partial charge in [0.2, 0.25) is 10.0 Å². The van der Waals surface area contributed by atoms with Gasteiger partial charge < -0.3 is 10.3 Å². The Kier molecular flexibility index (Phi) is 5.47. The van der Waals surface area contributed by atoms with Crippen molar-refractivity contribution in [1.29, 1.82) is 0 Å².